The quantitative estimate of drug-likeness (QED) is 0.647. The van der Waals surface area contributed by atoms with Crippen LogP contribution in [0.2, 0.25) is 5.02 Å². The summed E-state index contributed by atoms with van der Waals surface area (Å²) in [6.45, 7) is 1.98. The predicted molar refractivity (Wildman–Crippen MR) is 68.6 cm³/mol. The highest BCUT2D eigenvalue weighted by Crippen LogP contribution is 2.27. The molecule has 0 amide bonds. The van der Waals surface area contributed by atoms with Crippen LogP contribution in [0.15, 0.2) is 30.6 Å². The molecule has 90 valence electrons. The van der Waals surface area contributed by atoms with Crippen molar-refractivity contribution in [3.63, 3.8) is 0 Å². The van der Waals surface area contributed by atoms with Gasteiger partial charge in [0.25, 0.3) is 0 Å². The molecule has 0 saturated carbocycles. The van der Waals surface area contributed by atoms with Crippen LogP contribution in [0.5, 0.6) is 0 Å². The molecule has 0 saturated heterocycles. The Bertz CT molecular complexity index is 521. The molecule has 17 heavy (non-hydrogen) atoms. The van der Waals surface area contributed by atoms with Crippen molar-refractivity contribution in [2.75, 3.05) is 0 Å². The Morgan fingerprint density at radius 1 is 1.47 bits per heavy atom. The minimum Gasteiger partial charge on any atom is -0.275 e. The molecule has 2 rings (SSSR count). The predicted octanol–water partition coefficient (Wildman–Crippen LogP) is 1.93. The highest BCUT2D eigenvalue weighted by molar-refractivity contribution is 6.31. The zero-order valence-electron chi connectivity index (χ0n) is 9.81. The maximum atomic E-state index is 6.12. The molecule has 1 heterocycles. The third-order valence-electron chi connectivity index (χ3n) is 2.85. The Morgan fingerprint density at radius 3 is 2.82 bits per heavy atom. The van der Waals surface area contributed by atoms with Gasteiger partial charge < -0.3 is 0 Å². The maximum Gasteiger partial charge on any atom is 0.0743 e. The molecule has 4 nitrogen and oxygen atoms in total. The van der Waals surface area contributed by atoms with Crippen LogP contribution < -0.4 is 11.3 Å². The van der Waals surface area contributed by atoms with Crippen LogP contribution in [0.1, 0.15) is 22.7 Å². The van der Waals surface area contributed by atoms with Gasteiger partial charge in [-0.15, -0.1) is 0 Å². The van der Waals surface area contributed by atoms with E-state index in [9.17, 15) is 0 Å². The molecule has 0 radical (unpaired) electrons. The number of rotatable bonds is 3. The summed E-state index contributed by atoms with van der Waals surface area (Å²) < 4.78 is 1.75. The van der Waals surface area contributed by atoms with E-state index >= 15 is 0 Å². The lowest BCUT2D eigenvalue weighted by molar-refractivity contribution is 0.632. The first-order valence-corrected chi connectivity index (χ1v) is 5.71. The van der Waals surface area contributed by atoms with E-state index in [4.69, 9.17) is 17.4 Å². The summed E-state index contributed by atoms with van der Waals surface area (Å²) in [6, 6.07) is 5.71. The molecule has 0 spiro atoms. The Balaban J connectivity index is 2.45. The number of aryl methyl sites for hydroxylation is 1. The first kappa shape index (κ1) is 12.1. The van der Waals surface area contributed by atoms with Crippen molar-refractivity contribution >= 4 is 11.6 Å². The lowest BCUT2D eigenvalue weighted by atomic mass is 9.98. The number of halogens is 1. The van der Waals surface area contributed by atoms with Gasteiger partial charge in [0.1, 0.15) is 0 Å². The monoisotopic (exact) mass is 250 g/mol. The second-order valence-corrected chi connectivity index (χ2v) is 4.41. The summed E-state index contributed by atoms with van der Waals surface area (Å²) in [5, 5.41) is 4.89. The molecule has 1 unspecified atom stereocenters. The van der Waals surface area contributed by atoms with Gasteiger partial charge in [-0.25, -0.2) is 5.43 Å². The number of nitrogens with one attached hydrogen (secondary N) is 1. The van der Waals surface area contributed by atoms with Gasteiger partial charge in [0.15, 0.2) is 0 Å². The Kier molecular flexibility index (Phi) is 3.47. The van der Waals surface area contributed by atoms with Crippen LogP contribution in [0.3, 0.4) is 0 Å². The van der Waals surface area contributed by atoms with Gasteiger partial charge in [-0.3, -0.25) is 10.5 Å². The Labute approximate surface area is 105 Å². The molecule has 2 aromatic rings. The van der Waals surface area contributed by atoms with Crippen molar-refractivity contribution < 1.29 is 0 Å². The average molecular weight is 251 g/mol. The van der Waals surface area contributed by atoms with E-state index in [2.05, 4.69) is 10.5 Å². The van der Waals surface area contributed by atoms with Crippen LogP contribution >= 0.6 is 11.6 Å². The lowest BCUT2D eigenvalue weighted by Crippen LogP contribution is -2.29. The summed E-state index contributed by atoms with van der Waals surface area (Å²) in [7, 11) is 1.88. The fraction of sp³-hybridized carbons (Fsp3) is 0.250. The van der Waals surface area contributed by atoms with E-state index in [1.54, 1.807) is 10.9 Å². The molecule has 0 fully saturated rings. The molecular weight excluding hydrogens is 236 g/mol. The highest BCUT2D eigenvalue weighted by Gasteiger charge is 2.17. The molecule has 0 bridgehead atoms. The van der Waals surface area contributed by atoms with Crippen LogP contribution in [0, 0.1) is 6.92 Å². The van der Waals surface area contributed by atoms with Gasteiger partial charge in [0.05, 0.1) is 12.2 Å². The van der Waals surface area contributed by atoms with Crippen molar-refractivity contribution in [1.82, 2.24) is 15.2 Å². The van der Waals surface area contributed by atoms with E-state index in [1.807, 2.05) is 38.4 Å². The van der Waals surface area contributed by atoms with Crippen molar-refractivity contribution in [1.29, 1.82) is 0 Å². The van der Waals surface area contributed by atoms with Gasteiger partial charge in [-0.1, -0.05) is 23.7 Å². The van der Waals surface area contributed by atoms with Crippen molar-refractivity contribution in [3.8, 4) is 0 Å². The minimum absolute atomic E-state index is 0.0950. The topological polar surface area (TPSA) is 55.9 Å². The number of nitrogens with two attached hydrogens (primary N) is 1. The number of hydrogen-bond acceptors (Lipinski definition) is 3. The highest BCUT2D eigenvalue weighted by atomic mass is 35.5. The van der Waals surface area contributed by atoms with Crippen molar-refractivity contribution in [2.24, 2.45) is 12.9 Å². The minimum atomic E-state index is -0.0950. The number of hydrazine groups is 1. The number of hydrogen-bond donors (Lipinski definition) is 2. The summed E-state index contributed by atoms with van der Waals surface area (Å²) in [6.07, 6.45) is 3.73. The summed E-state index contributed by atoms with van der Waals surface area (Å²) in [4.78, 5) is 0. The van der Waals surface area contributed by atoms with Gasteiger partial charge >= 0.3 is 0 Å². The van der Waals surface area contributed by atoms with Crippen LogP contribution in [0.4, 0.5) is 0 Å². The van der Waals surface area contributed by atoms with E-state index in [0.29, 0.717) is 0 Å². The first-order valence-electron chi connectivity index (χ1n) is 5.33. The second-order valence-electron chi connectivity index (χ2n) is 4.00. The largest absolute Gasteiger partial charge is 0.275 e. The molecule has 1 atom stereocenters. The van der Waals surface area contributed by atoms with Crippen LogP contribution in [-0.4, -0.2) is 9.78 Å². The average Bonchev–Trinajstić information content (AvgIpc) is 2.72. The number of nitrogens with zero attached hydrogens (tertiary/aromatic N) is 2. The van der Waals surface area contributed by atoms with Crippen molar-refractivity contribution in [2.45, 2.75) is 13.0 Å². The van der Waals surface area contributed by atoms with Gasteiger partial charge in [0.2, 0.25) is 0 Å². The standard InChI is InChI=1S/C12H15ClN4/c1-8-10(4-3-5-11(8)13)12(16-14)9-6-15-17(2)7-9/h3-7,12,16H,14H2,1-2H3. The van der Waals surface area contributed by atoms with Gasteiger partial charge in [-0.05, 0) is 24.1 Å². The van der Waals surface area contributed by atoms with Crippen molar-refractivity contribution in [3.05, 3.63) is 52.3 Å². The fourth-order valence-electron chi connectivity index (χ4n) is 1.89. The van der Waals surface area contributed by atoms with E-state index in [-0.39, 0.29) is 6.04 Å². The second kappa shape index (κ2) is 4.87. The van der Waals surface area contributed by atoms with E-state index < -0.39 is 0 Å². The molecule has 0 aliphatic carbocycles. The molecule has 5 heteroatoms. The Morgan fingerprint density at radius 2 is 2.24 bits per heavy atom. The fourth-order valence-corrected chi connectivity index (χ4v) is 2.07. The van der Waals surface area contributed by atoms with Crippen LogP contribution in [-0.2, 0) is 7.05 Å². The maximum absolute atomic E-state index is 6.12. The molecule has 1 aromatic heterocycles. The Hall–Kier alpha value is -1.36. The molecule has 0 aliphatic heterocycles. The third kappa shape index (κ3) is 2.34. The zero-order chi connectivity index (χ0) is 12.4. The van der Waals surface area contributed by atoms with E-state index in [1.165, 1.54) is 0 Å². The summed E-state index contributed by atoms with van der Waals surface area (Å²) >= 11 is 6.12. The SMILES string of the molecule is Cc1c(Cl)cccc1C(NN)c1cnn(C)c1. The lowest BCUT2D eigenvalue weighted by Gasteiger charge is -2.17. The third-order valence-corrected chi connectivity index (χ3v) is 3.25. The summed E-state index contributed by atoms with van der Waals surface area (Å²) in [5.74, 6) is 5.63. The first-order chi connectivity index (χ1) is 8.13. The molecular formula is C12H15ClN4. The molecule has 0 aliphatic rings. The molecule has 1 aromatic carbocycles. The number of aromatic nitrogens is 2. The van der Waals surface area contributed by atoms with E-state index in [0.717, 1.165) is 21.7 Å². The van der Waals surface area contributed by atoms with Gasteiger partial charge in [0, 0.05) is 23.8 Å². The summed E-state index contributed by atoms with van der Waals surface area (Å²) in [5.41, 5.74) is 5.91. The van der Waals surface area contributed by atoms with Gasteiger partial charge in [-0.2, -0.15) is 5.10 Å². The van der Waals surface area contributed by atoms with Crippen LogP contribution in [0.25, 0.3) is 0 Å². The zero-order valence-corrected chi connectivity index (χ0v) is 10.6. The molecule has 3 N–H and O–H groups in total. The number of benzene rings is 1. The normalized spacial score (nSPS) is 12.7. The smallest absolute Gasteiger partial charge is 0.0743 e.